The highest BCUT2D eigenvalue weighted by molar-refractivity contribution is 5.85. The molecule has 2 aromatic rings. The minimum atomic E-state index is -1.11. The molecule has 9 heteroatoms. The van der Waals surface area contributed by atoms with Crippen molar-refractivity contribution in [2.45, 2.75) is 77.5 Å². The van der Waals surface area contributed by atoms with Crippen LogP contribution in [-0.4, -0.2) is 88.6 Å². The summed E-state index contributed by atoms with van der Waals surface area (Å²) in [6, 6.07) is 16.8. The van der Waals surface area contributed by atoms with Gasteiger partial charge in [0.2, 0.25) is 5.91 Å². The van der Waals surface area contributed by atoms with Crippen molar-refractivity contribution in [1.82, 2.24) is 14.7 Å². The lowest BCUT2D eigenvalue weighted by Crippen LogP contribution is -2.56. The predicted molar refractivity (Wildman–Crippen MR) is 166 cm³/mol. The smallest absolute Gasteiger partial charge is 0.407 e. The minimum Gasteiger partial charge on any atom is -0.478 e. The maximum absolute atomic E-state index is 13.9. The fourth-order valence-corrected chi connectivity index (χ4v) is 6.23. The van der Waals surface area contributed by atoms with Crippen LogP contribution in [0.4, 0.5) is 10.5 Å². The summed E-state index contributed by atoms with van der Waals surface area (Å²) in [5.74, 6) is 1.08. The molecule has 2 heterocycles. The van der Waals surface area contributed by atoms with Crippen molar-refractivity contribution in [2.24, 2.45) is 5.92 Å². The molecule has 3 fully saturated rings. The van der Waals surface area contributed by atoms with Gasteiger partial charge in [-0.15, -0.1) is 0 Å². The van der Waals surface area contributed by atoms with E-state index in [0.29, 0.717) is 57.0 Å². The second kappa shape index (κ2) is 12.9. The lowest BCUT2D eigenvalue weighted by Gasteiger charge is -2.38. The van der Waals surface area contributed by atoms with Gasteiger partial charge in [-0.25, -0.2) is 4.79 Å². The van der Waals surface area contributed by atoms with E-state index >= 15 is 0 Å². The standard InChI is InChI=1S/C34H46N4O5/c1-24(2)26-9-5-8-25(20-26)22-38(28-13-14-28)31(39)27-10-7-15-37(23-27)29-11-6-12-30(21-29)43-34(3,4)32(40)35-16-18-36(19-17-35)33(41)42/h5-6,8-9,11-12,20-21,24,27-28H,7,10,13-19,22-23H2,1-4H3,(H,41,42). The molecule has 3 amide bonds. The molecule has 1 aliphatic carbocycles. The molecule has 5 rings (SSSR count). The van der Waals surface area contributed by atoms with E-state index in [2.05, 4.69) is 47.9 Å². The normalized spacial score (nSPS) is 19.4. The van der Waals surface area contributed by atoms with Crippen LogP contribution in [0.5, 0.6) is 5.75 Å². The van der Waals surface area contributed by atoms with E-state index in [1.165, 1.54) is 16.0 Å². The van der Waals surface area contributed by atoms with E-state index in [9.17, 15) is 19.5 Å². The molecule has 0 spiro atoms. The topological polar surface area (TPSA) is 93.6 Å². The molecule has 2 saturated heterocycles. The van der Waals surface area contributed by atoms with Crippen LogP contribution in [0.3, 0.4) is 0 Å². The van der Waals surface area contributed by atoms with E-state index in [4.69, 9.17) is 4.74 Å². The molecule has 0 aromatic heterocycles. The molecule has 0 radical (unpaired) electrons. The van der Waals surface area contributed by atoms with Crippen molar-refractivity contribution in [3.8, 4) is 5.75 Å². The molecule has 1 N–H and O–H groups in total. The second-order valence-corrected chi connectivity index (χ2v) is 13.1. The van der Waals surface area contributed by atoms with Crippen molar-refractivity contribution < 1.29 is 24.2 Å². The number of ether oxygens (including phenoxy) is 1. The number of anilines is 1. The zero-order valence-corrected chi connectivity index (χ0v) is 26.0. The largest absolute Gasteiger partial charge is 0.478 e. The molecule has 232 valence electrons. The highest BCUT2D eigenvalue weighted by atomic mass is 16.5. The van der Waals surface area contributed by atoms with E-state index in [1.54, 1.807) is 18.7 Å². The molecule has 0 bridgehead atoms. The van der Waals surface area contributed by atoms with Gasteiger partial charge >= 0.3 is 6.09 Å². The molecular weight excluding hydrogens is 544 g/mol. The Hall–Kier alpha value is -3.75. The zero-order chi connectivity index (χ0) is 30.7. The Kier molecular flexibility index (Phi) is 9.18. The number of hydrogen-bond acceptors (Lipinski definition) is 5. The number of rotatable bonds is 9. The molecule has 9 nitrogen and oxygen atoms in total. The third-order valence-corrected chi connectivity index (χ3v) is 8.92. The van der Waals surface area contributed by atoms with Crippen molar-refractivity contribution in [2.75, 3.05) is 44.2 Å². The Morgan fingerprint density at radius 3 is 2.33 bits per heavy atom. The van der Waals surface area contributed by atoms with Crippen LogP contribution in [0.25, 0.3) is 0 Å². The summed E-state index contributed by atoms with van der Waals surface area (Å²) in [5.41, 5.74) is 2.38. The summed E-state index contributed by atoms with van der Waals surface area (Å²) in [4.78, 5) is 45.8. The number of piperazine rings is 1. The summed E-state index contributed by atoms with van der Waals surface area (Å²) in [5, 5.41) is 9.21. The average Bonchev–Trinajstić information content (AvgIpc) is 3.85. The Labute approximate surface area is 255 Å². The van der Waals surface area contributed by atoms with Crippen molar-refractivity contribution in [3.05, 3.63) is 59.7 Å². The maximum atomic E-state index is 13.9. The monoisotopic (exact) mass is 590 g/mol. The van der Waals surface area contributed by atoms with Crippen LogP contribution in [0, 0.1) is 5.92 Å². The summed E-state index contributed by atoms with van der Waals surface area (Å²) in [6.07, 6.45) is 3.02. The maximum Gasteiger partial charge on any atom is 0.407 e. The molecule has 2 aromatic carbocycles. The van der Waals surface area contributed by atoms with Gasteiger partial charge in [0, 0.05) is 63.6 Å². The minimum absolute atomic E-state index is 0.0605. The summed E-state index contributed by atoms with van der Waals surface area (Å²) in [6.45, 7) is 11.4. The summed E-state index contributed by atoms with van der Waals surface area (Å²) >= 11 is 0. The average molecular weight is 591 g/mol. The number of carboxylic acid groups (broad SMARTS) is 1. The highest BCUT2D eigenvalue weighted by Crippen LogP contribution is 2.34. The molecule has 1 atom stereocenters. The van der Waals surface area contributed by atoms with Crippen molar-refractivity contribution in [3.63, 3.8) is 0 Å². The molecular formula is C34H46N4O5. The van der Waals surface area contributed by atoms with Crippen LogP contribution in [0.15, 0.2) is 48.5 Å². The van der Waals surface area contributed by atoms with Crippen LogP contribution < -0.4 is 9.64 Å². The molecule has 2 aliphatic heterocycles. The number of carbonyl (C=O) groups is 3. The Morgan fingerprint density at radius 2 is 1.65 bits per heavy atom. The van der Waals surface area contributed by atoms with Gasteiger partial charge in [0.1, 0.15) is 5.75 Å². The lowest BCUT2D eigenvalue weighted by atomic mass is 9.95. The SMILES string of the molecule is CC(C)c1cccc(CN(C(=O)C2CCCN(c3cccc(OC(C)(C)C(=O)N4CCN(C(=O)O)CC4)c3)C2)C2CC2)c1. The highest BCUT2D eigenvalue weighted by Gasteiger charge is 2.38. The molecule has 1 saturated carbocycles. The molecule has 3 aliphatic rings. The quantitative estimate of drug-likeness (QED) is 0.432. The fraction of sp³-hybridized carbons (Fsp3) is 0.559. The fourth-order valence-electron chi connectivity index (χ4n) is 6.23. The van der Waals surface area contributed by atoms with Crippen LogP contribution in [-0.2, 0) is 16.1 Å². The van der Waals surface area contributed by atoms with E-state index in [0.717, 1.165) is 37.9 Å². The van der Waals surface area contributed by atoms with Crippen molar-refractivity contribution >= 4 is 23.6 Å². The summed E-state index contributed by atoms with van der Waals surface area (Å²) in [7, 11) is 0. The Balaban J connectivity index is 1.22. The third kappa shape index (κ3) is 7.43. The van der Waals surface area contributed by atoms with E-state index in [1.807, 2.05) is 24.3 Å². The number of carbonyl (C=O) groups excluding carboxylic acids is 2. The van der Waals surface area contributed by atoms with Gasteiger partial charge < -0.3 is 29.4 Å². The number of amides is 3. The lowest BCUT2D eigenvalue weighted by molar-refractivity contribution is -0.147. The molecule has 1 unspecified atom stereocenters. The van der Waals surface area contributed by atoms with Gasteiger partial charge in [-0.3, -0.25) is 9.59 Å². The number of benzene rings is 2. The third-order valence-electron chi connectivity index (χ3n) is 8.92. The van der Waals surface area contributed by atoms with Crippen molar-refractivity contribution in [1.29, 1.82) is 0 Å². The first-order valence-electron chi connectivity index (χ1n) is 15.7. The van der Waals surface area contributed by atoms with Gasteiger partial charge in [-0.05, 0) is 68.7 Å². The van der Waals surface area contributed by atoms with E-state index < -0.39 is 11.7 Å². The van der Waals surface area contributed by atoms with E-state index in [-0.39, 0.29) is 17.7 Å². The van der Waals surface area contributed by atoms with Gasteiger partial charge in [0.15, 0.2) is 5.60 Å². The van der Waals surface area contributed by atoms with Gasteiger partial charge in [0.25, 0.3) is 5.91 Å². The number of piperidine rings is 1. The predicted octanol–water partition coefficient (Wildman–Crippen LogP) is 5.20. The molecule has 43 heavy (non-hydrogen) atoms. The van der Waals surface area contributed by atoms with Crippen LogP contribution >= 0.6 is 0 Å². The Morgan fingerprint density at radius 1 is 0.953 bits per heavy atom. The number of nitrogens with zero attached hydrogens (tertiary/aromatic N) is 4. The first-order valence-corrected chi connectivity index (χ1v) is 15.7. The van der Waals surface area contributed by atoms with Crippen LogP contribution in [0.2, 0.25) is 0 Å². The summed E-state index contributed by atoms with van der Waals surface area (Å²) < 4.78 is 6.24. The first-order chi connectivity index (χ1) is 20.5. The second-order valence-electron chi connectivity index (χ2n) is 13.1. The van der Waals surface area contributed by atoms with Gasteiger partial charge in [0.05, 0.1) is 5.92 Å². The zero-order valence-electron chi connectivity index (χ0n) is 26.0. The first kappa shape index (κ1) is 30.7. The van der Waals surface area contributed by atoms with Gasteiger partial charge in [-0.2, -0.15) is 0 Å². The van der Waals surface area contributed by atoms with Gasteiger partial charge in [-0.1, -0.05) is 44.2 Å². The Bertz CT molecular complexity index is 1320. The van der Waals surface area contributed by atoms with Crippen LogP contribution in [0.1, 0.15) is 70.4 Å². The number of hydrogen-bond donors (Lipinski definition) is 1.